The molecule has 106 valence electrons. The van der Waals surface area contributed by atoms with Crippen molar-refractivity contribution in [3.05, 3.63) is 42.0 Å². The molecule has 0 aliphatic heterocycles. The molecule has 0 amide bonds. The second-order valence-electron chi connectivity index (χ2n) is 4.94. The van der Waals surface area contributed by atoms with E-state index >= 15 is 0 Å². The molecule has 2 aromatic rings. The number of benzene rings is 2. The van der Waals surface area contributed by atoms with E-state index in [2.05, 4.69) is 0 Å². The zero-order valence-electron chi connectivity index (χ0n) is 11.3. The Bertz CT molecular complexity index is 751. The molecule has 0 radical (unpaired) electrons. The van der Waals surface area contributed by atoms with E-state index in [1.807, 2.05) is 24.3 Å². The molecule has 0 fully saturated rings. The van der Waals surface area contributed by atoms with E-state index in [1.165, 1.54) is 6.26 Å². The Morgan fingerprint density at radius 1 is 1.15 bits per heavy atom. The maximum absolute atomic E-state index is 12.1. The van der Waals surface area contributed by atoms with Gasteiger partial charge in [-0.25, -0.2) is 8.42 Å². The fraction of sp³-hybridized carbons (Fsp3) is 0.267. The van der Waals surface area contributed by atoms with Gasteiger partial charge in [0.1, 0.15) is 9.84 Å². The SMILES string of the molecule is CS(=O)(=O)CCCC(=O)c1cc2ccccc2cc1N. The number of Topliss-reactive ketones (excluding diaryl/α,β-unsaturated/α-hetero) is 1. The van der Waals surface area contributed by atoms with E-state index in [-0.39, 0.29) is 18.0 Å². The van der Waals surface area contributed by atoms with E-state index in [0.29, 0.717) is 17.7 Å². The summed E-state index contributed by atoms with van der Waals surface area (Å²) in [5.41, 5.74) is 6.81. The number of nitrogen functional groups attached to an aromatic ring is 1. The lowest BCUT2D eigenvalue weighted by Gasteiger charge is -2.07. The quantitative estimate of drug-likeness (QED) is 0.678. The monoisotopic (exact) mass is 291 g/mol. The number of sulfone groups is 1. The van der Waals surface area contributed by atoms with Gasteiger partial charge in [0.25, 0.3) is 0 Å². The topological polar surface area (TPSA) is 77.2 Å². The van der Waals surface area contributed by atoms with Gasteiger partial charge >= 0.3 is 0 Å². The lowest BCUT2D eigenvalue weighted by molar-refractivity contribution is 0.0983. The molecule has 0 saturated carbocycles. The van der Waals surface area contributed by atoms with Crippen molar-refractivity contribution in [3.63, 3.8) is 0 Å². The molecule has 0 aliphatic carbocycles. The average Bonchev–Trinajstić information content (AvgIpc) is 2.36. The first-order chi connectivity index (χ1) is 9.37. The highest BCUT2D eigenvalue weighted by Crippen LogP contribution is 2.23. The summed E-state index contributed by atoms with van der Waals surface area (Å²) < 4.78 is 22.1. The summed E-state index contributed by atoms with van der Waals surface area (Å²) in [6, 6.07) is 11.2. The third-order valence-corrected chi connectivity index (χ3v) is 4.17. The largest absolute Gasteiger partial charge is 0.398 e. The molecule has 0 atom stereocenters. The Kier molecular flexibility index (Phi) is 4.09. The van der Waals surface area contributed by atoms with Gasteiger partial charge in [-0.1, -0.05) is 24.3 Å². The average molecular weight is 291 g/mol. The van der Waals surface area contributed by atoms with Gasteiger partial charge in [0.05, 0.1) is 5.75 Å². The van der Waals surface area contributed by atoms with Crippen LogP contribution < -0.4 is 5.73 Å². The van der Waals surface area contributed by atoms with Gasteiger partial charge in [0, 0.05) is 23.9 Å². The first-order valence-electron chi connectivity index (χ1n) is 6.36. The summed E-state index contributed by atoms with van der Waals surface area (Å²) in [6.45, 7) is 0. The summed E-state index contributed by atoms with van der Waals surface area (Å²) in [5, 5.41) is 1.94. The second-order valence-corrected chi connectivity index (χ2v) is 7.20. The molecule has 2 rings (SSSR count). The van der Waals surface area contributed by atoms with Gasteiger partial charge in [-0.2, -0.15) is 0 Å². The van der Waals surface area contributed by atoms with Crippen LogP contribution in [0, 0.1) is 0 Å². The van der Waals surface area contributed by atoms with Crippen LogP contribution in [0.3, 0.4) is 0 Å². The molecule has 0 unspecified atom stereocenters. The van der Waals surface area contributed by atoms with Crippen molar-refractivity contribution in [1.29, 1.82) is 0 Å². The van der Waals surface area contributed by atoms with Crippen LogP contribution in [0.4, 0.5) is 5.69 Å². The van der Waals surface area contributed by atoms with E-state index in [4.69, 9.17) is 5.73 Å². The summed E-state index contributed by atoms with van der Waals surface area (Å²) in [5.74, 6) is -0.0939. The first-order valence-corrected chi connectivity index (χ1v) is 8.42. The van der Waals surface area contributed by atoms with Crippen molar-refractivity contribution in [1.82, 2.24) is 0 Å². The Hall–Kier alpha value is -1.88. The number of ketones is 1. The smallest absolute Gasteiger partial charge is 0.164 e. The van der Waals surface area contributed by atoms with Gasteiger partial charge in [-0.05, 0) is 29.3 Å². The Morgan fingerprint density at radius 3 is 2.35 bits per heavy atom. The molecule has 2 N–H and O–H groups in total. The zero-order chi connectivity index (χ0) is 14.8. The Balaban J connectivity index is 2.19. The molecule has 0 spiro atoms. The minimum Gasteiger partial charge on any atom is -0.398 e. The van der Waals surface area contributed by atoms with Crippen LogP contribution in [0.2, 0.25) is 0 Å². The fourth-order valence-electron chi connectivity index (χ4n) is 2.13. The highest BCUT2D eigenvalue weighted by molar-refractivity contribution is 7.90. The molecule has 0 bridgehead atoms. The summed E-state index contributed by atoms with van der Waals surface area (Å²) in [7, 11) is -3.03. The highest BCUT2D eigenvalue weighted by Gasteiger charge is 2.12. The van der Waals surface area contributed by atoms with Gasteiger partial charge in [-0.15, -0.1) is 0 Å². The molecule has 0 saturated heterocycles. The van der Waals surface area contributed by atoms with Crippen LogP contribution in [0.15, 0.2) is 36.4 Å². The maximum atomic E-state index is 12.1. The highest BCUT2D eigenvalue weighted by atomic mass is 32.2. The number of carbonyl (C=O) groups excluding carboxylic acids is 1. The minimum atomic E-state index is -3.03. The predicted octanol–water partition coefficient (Wildman–Crippen LogP) is 2.43. The molecule has 4 nitrogen and oxygen atoms in total. The van der Waals surface area contributed by atoms with Crippen LogP contribution >= 0.6 is 0 Å². The summed E-state index contributed by atoms with van der Waals surface area (Å²) in [4.78, 5) is 12.1. The van der Waals surface area contributed by atoms with E-state index in [0.717, 1.165) is 10.8 Å². The van der Waals surface area contributed by atoms with Crippen molar-refractivity contribution in [3.8, 4) is 0 Å². The van der Waals surface area contributed by atoms with Crippen LogP contribution in [0.1, 0.15) is 23.2 Å². The van der Waals surface area contributed by atoms with Crippen molar-refractivity contribution in [2.45, 2.75) is 12.8 Å². The Labute approximate surface area is 118 Å². The first kappa shape index (κ1) is 14.5. The Morgan fingerprint density at radius 2 is 1.75 bits per heavy atom. The van der Waals surface area contributed by atoms with E-state index in [9.17, 15) is 13.2 Å². The van der Waals surface area contributed by atoms with E-state index < -0.39 is 9.84 Å². The molecular weight excluding hydrogens is 274 g/mol. The van der Waals surface area contributed by atoms with Gasteiger partial charge in [0.2, 0.25) is 0 Å². The number of carbonyl (C=O) groups is 1. The lowest BCUT2D eigenvalue weighted by Crippen LogP contribution is -2.08. The lowest BCUT2D eigenvalue weighted by atomic mass is 10.0. The van der Waals surface area contributed by atoms with E-state index in [1.54, 1.807) is 12.1 Å². The molecule has 0 aliphatic rings. The molecule has 0 aromatic heterocycles. The molecule has 0 heterocycles. The predicted molar refractivity (Wildman–Crippen MR) is 81.6 cm³/mol. The van der Waals surface area contributed by atoms with Crippen molar-refractivity contribution >= 4 is 32.1 Å². The standard InChI is InChI=1S/C15H17NO3S/c1-20(18,19)8-4-7-15(17)13-9-11-5-2-3-6-12(11)10-14(13)16/h2-3,5-6,9-10H,4,7-8,16H2,1H3. The third-order valence-electron chi connectivity index (χ3n) is 3.14. The normalized spacial score (nSPS) is 11.7. The van der Waals surface area contributed by atoms with Crippen molar-refractivity contribution in [2.75, 3.05) is 17.7 Å². The van der Waals surface area contributed by atoms with Crippen LogP contribution in [-0.4, -0.2) is 26.2 Å². The maximum Gasteiger partial charge on any atom is 0.164 e. The van der Waals surface area contributed by atoms with Crippen LogP contribution in [0.5, 0.6) is 0 Å². The molecule has 2 aromatic carbocycles. The number of hydrogen-bond donors (Lipinski definition) is 1. The third kappa shape index (κ3) is 3.57. The van der Waals surface area contributed by atoms with Gasteiger partial charge in [0.15, 0.2) is 5.78 Å². The summed E-state index contributed by atoms with van der Waals surface area (Å²) >= 11 is 0. The number of anilines is 1. The van der Waals surface area contributed by atoms with Crippen molar-refractivity contribution in [2.24, 2.45) is 0 Å². The van der Waals surface area contributed by atoms with Gasteiger partial charge in [-0.3, -0.25) is 4.79 Å². The van der Waals surface area contributed by atoms with Crippen molar-refractivity contribution < 1.29 is 13.2 Å². The second kappa shape index (κ2) is 5.63. The van der Waals surface area contributed by atoms with Gasteiger partial charge < -0.3 is 5.73 Å². The molecule has 5 heteroatoms. The molecular formula is C15H17NO3S. The minimum absolute atomic E-state index is 0.0201. The number of fused-ring (bicyclic) bond motifs is 1. The van der Waals surface area contributed by atoms with Crippen LogP contribution in [0.25, 0.3) is 10.8 Å². The fourth-order valence-corrected chi connectivity index (χ4v) is 2.80. The van der Waals surface area contributed by atoms with Crippen LogP contribution in [-0.2, 0) is 9.84 Å². The number of rotatable bonds is 5. The molecule has 20 heavy (non-hydrogen) atoms. The summed E-state index contributed by atoms with van der Waals surface area (Å²) in [6.07, 6.45) is 1.68. The number of hydrogen-bond acceptors (Lipinski definition) is 4. The number of nitrogens with two attached hydrogens (primary N) is 1. The zero-order valence-corrected chi connectivity index (χ0v) is 12.1.